The summed E-state index contributed by atoms with van der Waals surface area (Å²) >= 11 is 6.44. The van der Waals surface area contributed by atoms with Crippen LogP contribution in [0, 0.1) is 5.41 Å². The van der Waals surface area contributed by atoms with E-state index in [1.54, 1.807) is 0 Å². The van der Waals surface area contributed by atoms with Crippen LogP contribution in [0.25, 0.3) is 0 Å². The van der Waals surface area contributed by atoms with Crippen molar-refractivity contribution in [3.05, 3.63) is 28.8 Å². The summed E-state index contributed by atoms with van der Waals surface area (Å²) in [6.45, 7) is 8.82. The van der Waals surface area contributed by atoms with E-state index in [0.717, 1.165) is 29.4 Å². The number of rotatable bonds is 4. The van der Waals surface area contributed by atoms with E-state index in [-0.39, 0.29) is 6.04 Å². The number of nitrogens with zero attached hydrogens (tertiary/aromatic N) is 1. The highest BCUT2D eigenvalue weighted by Crippen LogP contribution is 2.41. The van der Waals surface area contributed by atoms with Gasteiger partial charge in [-0.05, 0) is 49.3 Å². The first-order valence-electron chi connectivity index (χ1n) is 7.31. The molecule has 0 amide bonds. The molecule has 0 unspecified atom stereocenters. The molecule has 0 saturated carbocycles. The van der Waals surface area contributed by atoms with Crippen molar-refractivity contribution in [2.75, 3.05) is 18.0 Å². The lowest BCUT2D eigenvalue weighted by molar-refractivity contribution is 0.301. The van der Waals surface area contributed by atoms with Crippen molar-refractivity contribution in [1.29, 1.82) is 0 Å². The van der Waals surface area contributed by atoms with Gasteiger partial charge in [0.2, 0.25) is 0 Å². The second-order valence-corrected chi connectivity index (χ2v) is 6.29. The number of nitrogens with two attached hydrogens (primary N) is 1. The Labute approximate surface area is 121 Å². The van der Waals surface area contributed by atoms with Crippen LogP contribution in [0.15, 0.2) is 18.2 Å². The van der Waals surface area contributed by atoms with Crippen molar-refractivity contribution in [3.8, 4) is 0 Å². The lowest BCUT2D eigenvalue weighted by Crippen LogP contribution is -2.26. The van der Waals surface area contributed by atoms with E-state index in [4.69, 9.17) is 17.3 Å². The van der Waals surface area contributed by atoms with Gasteiger partial charge in [-0.1, -0.05) is 31.5 Å². The van der Waals surface area contributed by atoms with E-state index in [1.807, 2.05) is 13.0 Å². The van der Waals surface area contributed by atoms with E-state index in [9.17, 15) is 0 Å². The zero-order chi connectivity index (χ0) is 14.0. The van der Waals surface area contributed by atoms with Gasteiger partial charge in [0.25, 0.3) is 0 Å². The van der Waals surface area contributed by atoms with Crippen molar-refractivity contribution in [2.45, 2.75) is 46.1 Å². The molecule has 0 aliphatic carbocycles. The van der Waals surface area contributed by atoms with Crippen LogP contribution in [-0.4, -0.2) is 13.1 Å². The Morgan fingerprint density at radius 1 is 1.37 bits per heavy atom. The number of hydrogen-bond donors (Lipinski definition) is 1. The van der Waals surface area contributed by atoms with E-state index in [2.05, 4.69) is 30.9 Å². The Kier molecular flexibility index (Phi) is 4.42. The topological polar surface area (TPSA) is 29.3 Å². The quantitative estimate of drug-likeness (QED) is 0.887. The van der Waals surface area contributed by atoms with Crippen molar-refractivity contribution in [2.24, 2.45) is 11.1 Å². The highest BCUT2D eigenvalue weighted by atomic mass is 35.5. The molecule has 1 atom stereocenters. The number of benzene rings is 1. The van der Waals surface area contributed by atoms with Gasteiger partial charge in [-0.3, -0.25) is 0 Å². The number of halogens is 1. The fourth-order valence-corrected chi connectivity index (χ4v) is 3.34. The molecule has 0 spiro atoms. The lowest BCUT2D eigenvalue weighted by Gasteiger charge is -2.27. The second kappa shape index (κ2) is 5.72. The lowest BCUT2D eigenvalue weighted by atomic mass is 9.82. The summed E-state index contributed by atoms with van der Waals surface area (Å²) in [5, 5.41) is 0.831. The maximum absolute atomic E-state index is 6.44. The molecule has 1 aromatic carbocycles. The Hall–Kier alpha value is -0.730. The van der Waals surface area contributed by atoms with Crippen LogP contribution in [-0.2, 0) is 0 Å². The SMILES string of the molecule is CCC1(CC)CCN(c2ccc([C@@H](C)N)cc2Cl)C1. The molecule has 2 nitrogen and oxygen atoms in total. The molecule has 1 heterocycles. The van der Waals surface area contributed by atoms with Crippen LogP contribution in [0.3, 0.4) is 0 Å². The van der Waals surface area contributed by atoms with Gasteiger partial charge in [0.1, 0.15) is 0 Å². The molecule has 3 heteroatoms. The Morgan fingerprint density at radius 3 is 2.53 bits per heavy atom. The zero-order valence-electron chi connectivity index (χ0n) is 12.2. The summed E-state index contributed by atoms with van der Waals surface area (Å²) in [4.78, 5) is 2.43. The predicted molar refractivity (Wildman–Crippen MR) is 83.9 cm³/mol. The fraction of sp³-hybridized carbons (Fsp3) is 0.625. The molecule has 1 aliphatic heterocycles. The monoisotopic (exact) mass is 280 g/mol. The Bertz CT molecular complexity index is 438. The Balaban J connectivity index is 2.20. The average molecular weight is 281 g/mol. The molecule has 106 valence electrons. The summed E-state index contributed by atoms with van der Waals surface area (Å²) in [6, 6.07) is 6.28. The second-order valence-electron chi connectivity index (χ2n) is 5.88. The van der Waals surface area contributed by atoms with Crippen molar-refractivity contribution in [1.82, 2.24) is 0 Å². The minimum Gasteiger partial charge on any atom is -0.370 e. The summed E-state index contributed by atoms with van der Waals surface area (Å²) in [7, 11) is 0. The molecule has 1 aliphatic rings. The van der Waals surface area contributed by atoms with Crippen molar-refractivity contribution in [3.63, 3.8) is 0 Å². The summed E-state index contributed by atoms with van der Waals surface area (Å²) in [5.41, 5.74) is 8.64. The first-order valence-corrected chi connectivity index (χ1v) is 7.69. The van der Waals surface area contributed by atoms with Gasteiger partial charge in [0, 0.05) is 19.1 Å². The summed E-state index contributed by atoms with van der Waals surface area (Å²) < 4.78 is 0. The maximum Gasteiger partial charge on any atom is 0.0642 e. The molecule has 0 radical (unpaired) electrons. The van der Waals surface area contributed by atoms with Crippen LogP contribution < -0.4 is 10.6 Å². The van der Waals surface area contributed by atoms with Gasteiger partial charge >= 0.3 is 0 Å². The van der Waals surface area contributed by atoms with E-state index in [1.165, 1.54) is 19.3 Å². The minimum absolute atomic E-state index is 0.0375. The van der Waals surface area contributed by atoms with Crippen LogP contribution in [0.2, 0.25) is 5.02 Å². The summed E-state index contributed by atoms with van der Waals surface area (Å²) in [6.07, 6.45) is 3.76. The maximum atomic E-state index is 6.44. The van der Waals surface area contributed by atoms with Gasteiger partial charge in [-0.2, -0.15) is 0 Å². The first kappa shape index (κ1) is 14.7. The number of hydrogen-bond acceptors (Lipinski definition) is 2. The van der Waals surface area contributed by atoms with Gasteiger partial charge in [0.15, 0.2) is 0 Å². The molecule has 1 saturated heterocycles. The molecular formula is C16H25ClN2. The summed E-state index contributed by atoms with van der Waals surface area (Å²) in [5.74, 6) is 0. The van der Waals surface area contributed by atoms with E-state index < -0.39 is 0 Å². The van der Waals surface area contributed by atoms with Crippen LogP contribution in [0.4, 0.5) is 5.69 Å². The molecular weight excluding hydrogens is 256 g/mol. The zero-order valence-corrected chi connectivity index (χ0v) is 13.0. The standard InChI is InChI=1S/C16H25ClN2/c1-4-16(5-2)8-9-19(11-16)15-7-6-13(12(3)18)10-14(15)17/h6-7,10,12H,4-5,8-9,11,18H2,1-3H3/t12-/m1/s1. The fourth-order valence-electron chi connectivity index (χ4n) is 3.03. The van der Waals surface area contributed by atoms with E-state index >= 15 is 0 Å². The van der Waals surface area contributed by atoms with Crippen LogP contribution >= 0.6 is 11.6 Å². The molecule has 1 fully saturated rings. The van der Waals surface area contributed by atoms with E-state index in [0.29, 0.717) is 5.41 Å². The third kappa shape index (κ3) is 2.90. The van der Waals surface area contributed by atoms with Gasteiger partial charge in [0.05, 0.1) is 10.7 Å². The third-order valence-electron chi connectivity index (χ3n) is 4.78. The van der Waals surface area contributed by atoms with Gasteiger partial charge in [-0.25, -0.2) is 0 Å². The molecule has 1 aromatic rings. The number of anilines is 1. The minimum atomic E-state index is 0.0375. The van der Waals surface area contributed by atoms with Gasteiger partial charge in [-0.15, -0.1) is 0 Å². The molecule has 0 aromatic heterocycles. The van der Waals surface area contributed by atoms with Gasteiger partial charge < -0.3 is 10.6 Å². The van der Waals surface area contributed by atoms with Crippen LogP contribution in [0.1, 0.15) is 51.6 Å². The molecule has 2 rings (SSSR count). The molecule has 19 heavy (non-hydrogen) atoms. The van der Waals surface area contributed by atoms with Crippen molar-refractivity contribution >= 4 is 17.3 Å². The first-order chi connectivity index (χ1) is 9.01. The highest BCUT2D eigenvalue weighted by Gasteiger charge is 2.35. The van der Waals surface area contributed by atoms with Crippen molar-refractivity contribution < 1.29 is 0 Å². The normalized spacial score (nSPS) is 19.7. The Morgan fingerprint density at radius 2 is 2.05 bits per heavy atom. The average Bonchev–Trinajstić information content (AvgIpc) is 2.83. The smallest absolute Gasteiger partial charge is 0.0642 e. The molecule has 0 bridgehead atoms. The third-order valence-corrected chi connectivity index (χ3v) is 5.08. The van der Waals surface area contributed by atoms with Crippen LogP contribution in [0.5, 0.6) is 0 Å². The largest absolute Gasteiger partial charge is 0.370 e. The predicted octanol–water partition coefficient (Wildman–Crippen LogP) is 4.38. The molecule has 2 N–H and O–H groups in total. The highest BCUT2D eigenvalue weighted by molar-refractivity contribution is 6.33.